The second kappa shape index (κ2) is 6.68. The van der Waals surface area contributed by atoms with E-state index in [1.807, 2.05) is 30.3 Å². The Morgan fingerprint density at radius 2 is 1.85 bits per heavy atom. The van der Waals surface area contributed by atoms with Crippen LogP contribution in [0.25, 0.3) is 0 Å². The third-order valence-electron chi connectivity index (χ3n) is 2.87. The van der Waals surface area contributed by atoms with Gasteiger partial charge in [-0.05, 0) is 31.6 Å². The van der Waals surface area contributed by atoms with E-state index in [1.165, 1.54) is 0 Å². The molecule has 1 aliphatic rings. The number of ether oxygens (including phenoxy) is 1. The van der Waals surface area contributed by atoms with Crippen molar-refractivity contribution in [1.82, 2.24) is 5.32 Å². The maximum Gasteiger partial charge on any atom is 0.357 e. The predicted molar refractivity (Wildman–Crippen MR) is 80.6 cm³/mol. The van der Waals surface area contributed by atoms with Crippen LogP contribution in [0.4, 0.5) is 0 Å². The molecule has 2 rings (SSSR count). The minimum absolute atomic E-state index is 0.212. The normalized spacial score (nSPS) is 22.4. The number of hydrogen-bond acceptors (Lipinski definition) is 5. The number of benzene rings is 1. The van der Waals surface area contributed by atoms with Gasteiger partial charge in [0.2, 0.25) is 0 Å². The first kappa shape index (κ1) is 15.4. The number of thiocarbonyl (C=S) groups is 1. The Hall–Kier alpha value is -0.940. The van der Waals surface area contributed by atoms with Crippen LogP contribution in [0.5, 0.6) is 0 Å². The third-order valence-corrected chi connectivity index (χ3v) is 5.40. The molecule has 5 nitrogen and oxygen atoms in total. The Labute approximate surface area is 124 Å². The van der Waals surface area contributed by atoms with Gasteiger partial charge in [-0.2, -0.15) is 0 Å². The van der Waals surface area contributed by atoms with Crippen LogP contribution < -0.4 is 5.32 Å². The molecular weight excluding hydrogens is 297 g/mol. The molecule has 1 heterocycles. The van der Waals surface area contributed by atoms with Crippen LogP contribution in [0.15, 0.2) is 30.3 Å². The van der Waals surface area contributed by atoms with Crippen molar-refractivity contribution in [3.8, 4) is 0 Å². The standard InChI is InChI=1S/C13H18NO4PS/c1-3-16-19(15,17-4-2)12-11(18-13(20)14-12)10-8-6-5-7-9-10/h5-9,11-12H,3-4H2,1-2H3,(H,14,20). The smallest absolute Gasteiger partial charge is 0.357 e. The summed E-state index contributed by atoms with van der Waals surface area (Å²) in [5, 5.41) is 3.12. The van der Waals surface area contributed by atoms with E-state index < -0.39 is 19.5 Å². The van der Waals surface area contributed by atoms with Crippen LogP contribution in [-0.2, 0) is 18.3 Å². The Bertz CT molecular complexity index is 500. The Kier molecular flexibility index (Phi) is 5.16. The summed E-state index contributed by atoms with van der Waals surface area (Å²) >= 11 is 5.04. The maximum absolute atomic E-state index is 12.9. The first-order valence-corrected chi connectivity index (χ1v) is 8.53. The summed E-state index contributed by atoms with van der Waals surface area (Å²) < 4.78 is 29.3. The van der Waals surface area contributed by atoms with Gasteiger partial charge in [-0.3, -0.25) is 4.57 Å². The number of nitrogens with one attached hydrogen (secondary N) is 1. The monoisotopic (exact) mass is 315 g/mol. The van der Waals surface area contributed by atoms with E-state index in [2.05, 4.69) is 5.32 Å². The van der Waals surface area contributed by atoms with E-state index >= 15 is 0 Å². The summed E-state index contributed by atoms with van der Waals surface area (Å²) in [4.78, 5) is 0. The topological polar surface area (TPSA) is 56.8 Å². The van der Waals surface area contributed by atoms with Crippen LogP contribution in [0.3, 0.4) is 0 Å². The zero-order valence-electron chi connectivity index (χ0n) is 11.4. The molecule has 0 aromatic heterocycles. The molecule has 1 aromatic carbocycles. The lowest BCUT2D eigenvalue weighted by Gasteiger charge is -2.25. The van der Waals surface area contributed by atoms with Gasteiger partial charge in [0.1, 0.15) is 0 Å². The van der Waals surface area contributed by atoms with Gasteiger partial charge < -0.3 is 19.1 Å². The average molecular weight is 315 g/mol. The molecule has 1 N–H and O–H groups in total. The molecule has 0 aliphatic carbocycles. The molecule has 0 spiro atoms. The van der Waals surface area contributed by atoms with Gasteiger partial charge in [-0.15, -0.1) is 0 Å². The highest BCUT2D eigenvalue weighted by molar-refractivity contribution is 7.80. The first-order valence-electron chi connectivity index (χ1n) is 6.51. The second-order valence-electron chi connectivity index (χ2n) is 4.20. The fourth-order valence-corrected chi connectivity index (χ4v) is 4.38. The van der Waals surface area contributed by atoms with Crippen LogP contribution >= 0.6 is 19.8 Å². The summed E-state index contributed by atoms with van der Waals surface area (Å²) in [6.07, 6.45) is -0.479. The molecule has 2 atom stereocenters. The fraction of sp³-hybridized carbons (Fsp3) is 0.462. The average Bonchev–Trinajstić information content (AvgIpc) is 2.83. The highest BCUT2D eigenvalue weighted by Crippen LogP contribution is 2.57. The minimum atomic E-state index is -3.35. The van der Waals surface area contributed by atoms with Gasteiger partial charge in [-0.1, -0.05) is 30.3 Å². The Balaban J connectivity index is 2.32. The van der Waals surface area contributed by atoms with Crippen molar-refractivity contribution < 1.29 is 18.3 Å². The van der Waals surface area contributed by atoms with Crippen molar-refractivity contribution in [3.63, 3.8) is 0 Å². The molecule has 1 aromatic rings. The summed E-state index contributed by atoms with van der Waals surface area (Å²) in [6.45, 7) is 4.14. The van der Waals surface area contributed by atoms with Crippen molar-refractivity contribution in [2.75, 3.05) is 13.2 Å². The first-order chi connectivity index (χ1) is 9.60. The van der Waals surface area contributed by atoms with Crippen molar-refractivity contribution in [1.29, 1.82) is 0 Å². The van der Waals surface area contributed by atoms with Gasteiger partial charge in [0.05, 0.1) is 13.2 Å². The predicted octanol–water partition coefficient (Wildman–Crippen LogP) is 3.22. The van der Waals surface area contributed by atoms with Gasteiger partial charge in [0.15, 0.2) is 11.9 Å². The number of hydrogen-bond donors (Lipinski definition) is 1. The summed E-state index contributed by atoms with van der Waals surface area (Å²) in [6, 6.07) is 9.49. The van der Waals surface area contributed by atoms with Crippen molar-refractivity contribution >= 4 is 25.0 Å². The van der Waals surface area contributed by atoms with E-state index in [1.54, 1.807) is 13.8 Å². The molecular formula is C13H18NO4PS. The quantitative estimate of drug-likeness (QED) is 0.642. The summed E-state index contributed by atoms with van der Waals surface area (Å²) in [7, 11) is -3.35. The van der Waals surface area contributed by atoms with Crippen molar-refractivity contribution in [2.45, 2.75) is 25.7 Å². The van der Waals surface area contributed by atoms with Gasteiger partial charge in [-0.25, -0.2) is 0 Å². The molecule has 0 radical (unpaired) electrons. The van der Waals surface area contributed by atoms with Gasteiger partial charge in [0.25, 0.3) is 5.17 Å². The Morgan fingerprint density at radius 1 is 1.25 bits per heavy atom. The van der Waals surface area contributed by atoms with Crippen LogP contribution in [0, 0.1) is 0 Å². The van der Waals surface area contributed by atoms with Crippen LogP contribution in [-0.4, -0.2) is 24.2 Å². The molecule has 1 saturated heterocycles. The largest absolute Gasteiger partial charge is 0.460 e. The third kappa shape index (κ3) is 3.20. The van der Waals surface area contributed by atoms with Crippen molar-refractivity contribution in [2.24, 2.45) is 0 Å². The van der Waals surface area contributed by atoms with E-state index in [4.69, 9.17) is 26.0 Å². The maximum atomic E-state index is 12.9. The molecule has 20 heavy (non-hydrogen) atoms. The molecule has 1 aliphatic heterocycles. The van der Waals surface area contributed by atoms with E-state index in [9.17, 15) is 4.57 Å². The van der Waals surface area contributed by atoms with Crippen LogP contribution in [0.1, 0.15) is 25.5 Å². The fourth-order valence-electron chi connectivity index (χ4n) is 2.11. The lowest BCUT2D eigenvalue weighted by Crippen LogP contribution is -2.29. The van der Waals surface area contributed by atoms with E-state index in [-0.39, 0.29) is 5.17 Å². The number of rotatable bonds is 6. The zero-order chi connectivity index (χ0) is 14.6. The molecule has 1 fully saturated rings. The minimum Gasteiger partial charge on any atom is -0.460 e. The SMILES string of the molecule is CCOP(=O)(OCC)C1NC(=S)OC1c1ccccc1. The molecule has 0 bridgehead atoms. The van der Waals surface area contributed by atoms with Gasteiger partial charge >= 0.3 is 7.60 Å². The lowest BCUT2D eigenvalue weighted by atomic mass is 10.1. The van der Waals surface area contributed by atoms with Crippen LogP contribution in [0.2, 0.25) is 0 Å². The second-order valence-corrected chi connectivity index (χ2v) is 6.72. The lowest BCUT2D eigenvalue weighted by molar-refractivity contribution is 0.177. The molecule has 110 valence electrons. The van der Waals surface area contributed by atoms with E-state index in [0.29, 0.717) is 13.2 Å². The summed E-state index contributed by atoms with van der Waals surface area (Å²) in [5.41, 5.74) is 0.879. The highest BCUT2D eigenvalue weighted by atomic mass is 32.1. The molecule has 0 saturated carbocycles. The molecule has 7 heteroatoms. The zero-order valence-corrected chi connectivity index (χ0v) is 13.2. The molecule has 0 amide bonds. The van der Waals surface area contributed by atoms with Gasteiger partial charge in [0, 0.05) is 0 Å². The highest BCUT2D eigenvalue weighted by Gasteiger charge is 2.48. The Morgan fingerprint density at radius 3 is 2.40 bits per heavy atom. The molecule has 2 unspecified atom stereocenters. The van der Waals surface area contributed by atoms with E-state index in [0.717, 1.165) is 5.56 Å². The summed E-state index contributed by atoms with van der Waals surface area (Å²) in [5.74, 6) is -0.628. The van der Waals surface area contributed by atoms with Crippen molar-refractivity contribution in [3.05, 3.63) is 35.9 Å².